The minimum absolute atomic E-state index is 0.0575. The summed E-state index contributed by atoms with van der Waals surface area (Å²) in [7, 11) is -4.50. The van der Waals surface area contributed by atoms with Crippen LogP contribution in [0.15, 0.2) is 0 Å². The van der Waals surface area contributed by atoms with Crippen LogP contribution in [0.3, 0.4) is 0 Å². The van der Waals surface area contributed by atoms with Crippen LogP contribution in [-0.4, -0.2) is 66.3 Å². The van der Waals surface area contributed by atoms with Gasteiger partial charge in [0.15, 0.2) is 0 Å². The molecular weight excluding hydrogens is 631 g/mol. The molecule has 0 amide bonds. The molecule has 0 aliphatic rings. The second-order valence-electron chi connectivity index (χ2n) is 13.7. The van der Waals surface area contributed by atoms with Gasteiger partial charge < -0.3 is 24.6 Å². The highest BCUT2D eigenvalue weighted by Crippen LogP contribution is 2.43. The zero-order valence-electron chi connectivity index (χ0n) is 31.2. The number of aliphatic hydroxyl groups excluding tert-OH is 2. The number of ether oxygens (including phenoxy) is 2. The van der Waals surface area contributed by atoms with E-state index in [1.54, 1.807) is 0 Å². The quantitative estimate of drug-likeness (QED) is 0.0324. The molecule has 0 aromatic rings. The van der Waals surface area contributed by atoms with Crippen LogP contribution in [0, 0.1) is 0 Å². The summed E-state index contributed by atoms with van der Waals surface area (Å²) >= 11 is 0. The van der Waals surface area contributed by atoms with Gasteiger partial charge in [0.25, 0.3) is 0 Å². The number of esters is 1. The Balaban J connectivity index is 4.17. The van der Waals surface area contributed by atoms with Crippen molar-refractivity contribution in [3.8, 4) is 0 Å². The maximum absolute atomic E-state index is 12.6. The molecule has 3 N–H and O–H groups in total. The second kappa shape index (κ2) is 36.3. The predicted octanol–water partition coefficient (Wildman–Crippen LogP) is 10.4. The summed E-state index contributed by atoms with van der Waals surface area (Å²) in [5, 5.41) is 18.3. The van der Waals surface area contributed by atoms with Crippen LogP contribution in [0.1, 0.15) is 194 Å². The van der Waals surface area contributed by atoms with Gasteiger partial charge >= 0.3 is 13.8 Å². The fourth-order valence-electron chi connectivity index (χ4n) is 5.71. The van der Waals surface area contributed by atoms with E-state index in [4.69, 9.17) is 23.6 Å². The number of phosphoric acid groups is 1. The van der Waals surface area contributed by atoms with Crippen LogP contribution in [0.25, 0.3) is 0 Å². The average molecular weight is 709 g/mol. The molecule has 0 rings (SSSR count). The molecule has 0 heterocycles. The predicted molar refractivity (Wildman–Crippen MR) is 196 cm³/mol. The molecular formula is C38H77O9P. The Morgan fingerprint density at radius 2 is 0.938 bits per heavy atom. The van der Waals surface area contributed by atoms with Crippen molar-refractivity contribution in [3.63, 3.8) is 0 Å². The Labute approximate surface area is 295 Å². The van der Waals surface area contributed by atoms with E-state index in [0.717, 1.165) is 32.1 Å². The van der Waals surface area contributed by atoms with Crippen LogP contribution < -0.4 is 0 Å². The lowest BCUT2D eigenvalue weighted by Gasteiger charge is -2.20. The summed E-state index contributed by atoms with van der Waals surface area (Å²) in [4.78, 5) is 22.5. The highest BCUT2D eigenvalue weighted by Gasteiger charge is 2.26. The SMILES string of the molecule is CCCCCCCCCCCCCCCCC(=O)OC(COCCCCCCCCCCCCCCC)COP(=O)(O)OCC(O)CO. The van der Waals surface area contributed by atoms with Gasteiger partial charge in [0.05, 0.1) is 26.4 Å². The molecule has 0 spiro atoms. The van der Waals surface area contributed by atoms with Gasteiger partial charge in [0.2, 0.25) is 0 Å². The lowest BCUT2D eigenvalue weighted by Crippen LogP contribution is -2.29. The summed E-state index contributed by atoms with van der Waals surface area (Å²) in [6, 6.07) is 0. The zero-order valence-corrected chi connectivity index (χ0v) is 32.1. The van der Waals surface area contributed by atoms with E-state index >= 15 is 0 Å². The third-order valence-electron chi connectivity index (χ3n) is 8.79. The summed E-state index contributed by atoms with van der Waals surface area (Å²) in [5.41, 5.74) is 0. The number of unbranched alkanes of at least 4 members (excludes halogenated alkanes) is 25. The van der Waals surface area contributed by atoms with Crippen molar-refractivity contribution in [3.05, 3.63) is 0 Å². The Kier molecular flexibility index (Phi) is 35.8. The Morgan fingerprint density at radius 1 is 0.562 bits per heavy atom. The van der Waals surface area contributed by atoms with E-state index in [1.807, 2.05) is 0 Å². The molecule has 0 fully saturated rings. The third-order valence-corrected chi connectivity index (χ3v) is 9.74. The van der Waals surface area contributed by atoms with Crippen LogP contribution in [-0.2, 0) is 27.9 Å². The highest BCUT2D eigenvalue weighted by atomic mass is 31.2. The number of aliphatic hydroxyl groups is 2. The van der Waals surface area contributed by atoms with Crippen molar-refractivity contribution in [2.75, 3.05) is 33.0 Å². The van der Waals surface area contributed by atoms with Crippen LogP contribution in [0.5, 0.6) is 0 Å². The second-order valence-corrected chi connectivity index (χ2v) is 15.1. The first kappa shape index (κ1) is 47.5. The topological polar surface area (TPSA) is 132 Å². The molecule has 0 aromatic heterocycles. The summed E-state index contributed by atoms with van der Waals surface area (Å²) in [6.07, 6.45) is 31.9. The molecule has 0 aliphatic carbocycles. The smallest absolute Gasteiger partial charge is 0.457 e. The van der Waals surface area contributed by atoms with Gasteiger partial charge in [0, 0.05) is 13.0 Å². The Bertz CT molecular complexity index is 724. The molecule has 10 heteroatoms. The van der Waals surface area contributed by atoms with Gasteiger partial charge in [-0.05, 0) is 12.8 Å². The van der Waals surface area contributed by atoms with Crippen molar-refractivity contribution in [2.24, 2.45) is 0 Å². The Morgan fingerprint density at radius 3 is 1.35 bits per heavy atom. The lowest BCUT2D eigenvalue weighted by molar-refractivity contribution is -0.154. The standard InChI is InChI=1S/C38H77O9P/c1-3-5-7-9-11-13-15-17-18-20-22-24-26-28-30-38(41)47-37(35-46-48(42,43)45-33-36(40)32-39)34-44-31-29-27-25-23-21-19-16-14-12-10-8-6-4-2/h36-37,39-40H,3-35H2,1-2H3,(H,42,43). The molecule has 48 heavy (non-hydrogen) atoms. The van der Waals surface area contributed by atoms with E-state index in [9.17, 15) is 19.4 Å². The summed E-state index contributed by atoms with van der Waals surface area (Å²) < 4.78 is 33.3. The summed E-state index contributed by atoms with van der Waals surface area (Å²) in [6.45, 7) is 3.55. The molecule has 3 atom stereocenters. The minimum atomic E-state index is -4.50. The van der Waals surface area contributed by atoms with Gasteiger partial charge in [-0.25, -0.2) is 4.57 Å². The van der Waals surface area contributed by atoms with Crippen molar-refractivity contribution in [1.29, 1.82) is 0 Å². The number of hydrogen-bond acceptors (Lipinski definition) is 8. The van der Waals surface area contributed by atoms with Gasteiger partial charge in [0.1, 0.15) is 12.2 Å². The number of hydrogen-bond donors (Lipinski definition) is 3. The van der Waals surface area contributed by atoms with E-state index < -0.39 is 33.2 Å². The third kappa shape index (κ3) is 35.3. The van der Waals surface area contributed by atoms with Crippen LogP contribution >= 0.6 is 7.82 Å². The van der Waals surface area contributed by atoms with Gasteiger partial charge in [-0.1, -0.05) is 174 Å². The normalized spacial score (nSPS) is 14.2. The van der Waals surface area contributed by atoms with Gasteiger partial charge in [-0.15, -0.1) is 0 Å². The molecule has 0 aromatic carbocycles. The lowest BCUT2D eigenvalue weighted by atomic mass is 10.0. The van der Waals surface area contributed by atoms with Gasteiger partial charge in [-0.2, -0.15) is 0 Å². The number of carbonyl (C=O) groups excluding carboxylic acids is 1. The molecule has 0 aliphatic heterocycles. The maximum atomic E-state index is 12.6. The molecule has 0 saturated heterocycles. The van der Waals surface area contributed by atoms with Crippen LogP contribution in [0.4, 0.5) is 0 Å². The number of carbonyl (C=O) groups is 1. The van der Waals surface area contributed by atoms with Crippen molar-refractivity contribution >= 4 is 13.8 Å². The summed E-state index contributed by atoms with van der Waals surface area (Å²) in [5.74, 6) is -0.378. The van der Waals surface area contributed by atoms with E-state index in [1.165, 1.54) is 141 Å². The molecule has 9 nitrogen and oxygen atoms in total. The van der Waals surface area contributed by atoms with Crippen molar-refractivity contribution < 1.29 is 43.0 Å². The van der Waals surface area contributed by atoms with Gasteiger partial charge in [-0.3, -0.25) is 13.8 Å². The number of rotatable bonds is 39. The first-order valence-electron chi connectivity index (χ1n) is 20.0. The first-order chi connectivity index (χ1) is 23.3. The largest absolute Gasteiger partial charge is 0.472 e. The van der Waals surface area contributed by atoms with E-state index in [-0.39, 0.29) is 25.6 Å². The highest BCUT2D eigenvalue weighted by molar-refractivity contribution is 7.47. The molecule has 0 radical (unpaired) electrons. The molecule has 0 bridgehead atoms. The fourth-order valence-corrected chi connectivity index (χ4v) is 6.50. The Hall–Kier alpha value is -0.540. The molecule has 288 valence electrons. The van der Waals surface area contributed by atoms with Crippen molar-refractivity contribution in [1.82, 2.24) is 0 Å². The minimum Gasteiger partial charge on any atom is -0.457 e. The zero-order chi connectivity index (χ0) is 35.4. The average Bonchev–Trinajstić information content (AvgIpc) is 3.07. The van der Waals surface area contributed by atoms with Crippen LogP contribution in [0.2, 0.25) is 0 Å². The van der Waals surface area contributed by atoms with E-state index in [2.05, 4.69) is 13.8 Å². The van der Waals surface area contributed by atoms with E-state index in [0.29, 0.717) is 6.61 Å². The van der Waals surface area contributed by atoms with Crippen molar-refractivity contribution in [2.45, 2.75) is 206 Å². The monoisotopic (exact) mass is 709 g/mol. The fraction of sp³-hybridized carbons (Fsp3) is 0.974. The molecule has 3 unspecified atom stereocenters. The molecule has 0 saturated carbocycles. The maximum Gasteiger partial charge on any atom is 0.472 e. The number of phosphoric ester groups is 1. The first-order valence-corrected chi connectivity index (χ1v) is 21.5.